The van der Waals surface area contributed by atoms with Crippen LogP contribution in [-0.2, 0) is 0 Å². The Labute approximate surface area is 114 Å². The van der Waals surface area contributed by atoms with Crippen LogP contribution in [0.15, 0.2) is 29.3 Å². The zero-order valence-electron chi connectivity index (χ0n) is 11.6. The van der Waals surface area contributed by atoms with Gasteiger partial charge in [-0.25, -0.2) is 0 Å². The zero-order valence-corrected chi connectivity index (χ0v) is 11.6. The molecule has 1 heterocycles. The van der Waals surface area contributed by atoms with Crippen LogP contribution in [0.4, 0.5) is 5.69 Å². The predicted molar refractivity (Wildman–Crippen MR) is 77.7 cm³/mol. The molecule has 3 rings (SSSR count). The van der Waals surface area contributed by atoms with Gasteiger partial charge in [-0.3, -0.25) is 4.99 Å². The summed E-state index contributed by atoms with van der Waals surface area (Å²) in [6.07, 6.45) is 3.67. The topological polar surface area (TPSA) is 50.8 Å². The summed E-state index contributed by atoms with van der Waals surface area (Å²) in [7, 11) is 1.68. The fourth-order valence-corrected chi connectivity index (χ4v) is 3.20. The fraction of sp³-hybridized carbons (Fsp3) is 0.533. The lowest BCUT2D eigenvalue weighted by Crippen LogP contribution is -2.53. The maximum Gasteiger partial charge on any atom is 0.196 e. The molecule has 4 heteroatoms. The minimum atomic E-state index is 0.0959. The van der Waals surface area contributed by atoms with E-state index in [-0.39, 0.29) is 5.54 Å². The van der Waals surface area contributed by atoms with Crippen molar-refractivity contribution in [3.8, 4) is 5.75 Å². The van der Waals surface area contributed by atoms with Crippen molar-refractivity contribution in [2.75, 3.05) is 18.6 Å². The number of hydrogen-bond acceptors (Lipinski definition) is 4. The van der Waals surface area contributed by atoms with E-state index >= 15 is 0 Å². The fourth-order valence-electron chi connectivity index (χ4n) is 3.20. The Balaban J connectivity index is 1.96. The SMILES string of the molecule is CCC1(C2CC2)CN=C(N)N1c1ccc(OC)cc1. The minimum absolute atomic E-state index is 0.0959. The summed E-state index contributed by atoms with van der Waals surface area (Å²) in [5, 5.41) is 0. The van der Waals surface area contributed by atoms with E-state index in [4.69, 9.17) is 10.5 Å². The number of guanidine groups is 1. The maximum absolute atomic E-state index is 6.14. The zero-order chi connectivity index (χ0) is 13.5. The van der Waals surface area contributed by atoms with Crippen molar-refractivity contribution >= 4 is 11.6 Å². The summed E-state index contributed by atoms with van der Waals surface area (Å²) in [5.41, 5.74) is 7.36. The van der Waals surface area contributed by atoms with Gasteiger partial charge >= 0.3 is 0 Å². The van der Waals surface area contributed by atoms with Crippen LogP contribution in [-0.4, -0.2) is 25.2 Å². The van der Waals surface area contributed by atoms with E-state index in [0.29, 0.717) is 5.96 Å². The number of aliphatic imine (C=N–C) groups is 1. The van der Waals surface area contributed by atoms with Gasteiger partial charge in [0.2, 0.25) is 0 Å². The van der Waals surface area contributed by atoms with E-state index in [1.807, 2.05) is 12.1 Å². The van der Waals surface area contributed by atoms with Crippen LogP contribution in [0.25, 0.3) is 0 Å². The van der Waals surface area contributed by atoms with Gasteiger partial charge in [-0.1, -0.05) is 6.92 Å². The molecule has 1 unspecified atom stereocenters. The molecule has 1 fully saturated rings. The number of rotatable bonds is 4. The third-order valence-corrected chi connectivity index (χ3v) is 4.47. The van der Waals surface area contributed by atoms with Crippen LogP contribution in [0.2, 0.25) is 0 Å². The standard InChI is InChI=1S/C15H21N3O/c1-3-15(11-4-5-11)10-17-14(16)18(15)12-6-8-13(19-2)9-7-12/h6-9,11H,3-5,10H2,1-2H3,(H2,16,17). The summed E-state index contributed by atoms with van der Waals surface area (Å²) < 4.78 is 5.22. The van der Waals surface area contributed by atoms with Gasteiger partial charge in [0.25, 0.3) is 0 Å². The average molecular weight is 259 g/mol. The molecule has 19 heavy (non-hydrogen) atoms. The number of nitrogens with zero attached hydrogens (tertiary/aromatic N) is 2. The van der Waals surface area contributed by atoms with E-state index < -0.39 is 0 Å². The van der Waals surface area contributed by atoms with Gasteiger partial charge in [-0.2, -0.15) is 0 Å². The predicted octanol–water partition coefficient (Wildman–Crippen LogP) is 2.39. The van der Waals surface area contributed by atoms with E-state index in [0.717, 1.165) is 30.3 Å². The molecule has 1 aliphatic heterocycles. The van der Waals surface area contributed by atoms with Crippen molar-refractivity contribution in [2.24, 2.45) is 16.6 Å². The number of methoxy groups -OCH3 is 1. The highest BCUT2D eigenvalue weighted by Crippen LogP contribution is 2.48. The van der Waals surface area contributed by atoms with Gasteiger partial charge in [0.15, 0.2) is 5.96 Å². The Morgan fingerprint density at radius 1 is 1.37 bits per heavy atom. The Bertz CT molecular complexity index is 493. The van der Waals surface area contributed by atoms with Gasteiger partial charge in [0.05, 0.1) is 19.2 Å². The first-order valence-corrected chi connectivity index (χ1v) is 6.95. The van der Waals surface area contributed by atoms with E-state index in [1.165, 1.54) is 12.8 Å². The molecule has 0 spiro atoms. The maximum atomic E-state index is 6.14. The molecule has 0 bridgehead atoms. The summed E-state index contributed by atoms with van der Waals surface area (Å²) in [5.74, 6) is 2.25. The van der Waals surface area contributed by atoms with Crippen LogP contribution in [0.3, 0.4) is 0 Å². The van der Waals surface area contributed by atoms with Gasteiger partial charge < -0.3 is 15.4 Å². The number of anilines is 1. The highest BCUT2D eigenvalue weighted by molar-refractivity contribution is 5.98. The second-order valence-electron chi connectivity index (χ2n) is 5.44. The van der Waals surface area contributed by atoms with Gasteiger partial charge in [0, 0.05) is 5.69 Å². The highest BCUT2D eigenvalue weighted by atomic mass is 16.5. The van der Waals surface area contributed by atoms with Gasteiger partial charge in [-0.15, -0.1) is 0 Å². The molecule has 1 aromatic rings. The van der Waals surface area contributed by atoms with Crippen LogP contribution in [0.1, 0.15) is 26.2 Å². The molecule has 0 radical (unpaired) electrons. The van der Waals surface area contributed by atoms with E-state index in [2.05, 4.69) is 28.9 Å². The molecule has 0 saturated heterocycles. The molecular formula is C15H21N3O. The number of hydrogen-bond donors (Lipinski definition) is 1. The molecule has 2 N–H and O–H groups in total. The van der Waals surface area contributed by atoms with E-state index in [9.17, 15) is 0 Å². The van der Waals surface area contributed by atoms with Crippen LogP contribution in [0, 0.1) is 5.92 Å². The lowest BCUT2D eigenvalue weighted by molar-refractivity contribution is 0.385. The molecule has 1 saturated carbocycles. The largest absolute Gasteiger partial charge is 0.497 e. The van der Waals surface area contributed by atoms with Crippen LogP contribution in [0.5, 0.6) is 5.75 Å². The van der Waals surface area contributed by atoms with Crippen molar-refractivity contribution in [1.29, 1.82) is 0 Å². The molecule has 0 aromatic heterocycles. The third kappa shape index (κ3) is 1.86. The second kappa shape index (κ2) is 4.44. The lowest BCUT2D eigenvalue weighted by atomic mass is 9.88. The smallest absolute Gasteiger partial charge is 0.196 e. The van der Waals surface area contributed by atoms with Crippen molar-refractivity contribution in [3.63, 3.8) is 0 Å². The highest BCUT2D eigenvalue weighted by Gasteiger charge is 2.52. The molecule has 1 atom stereocenters. The van der Waals surface area contributed by atoms with Crippen molar-refractivity contribution in [1.82, 2.24) is 0 Å². The summed E-state index contributed by atoms with van der Waals surface area (Å²) in [6.45, 7) is 3.06. The number of benzene rings is 1. The van der Waals surface area contributed by atoms with Crippen LogP contribution >= 0.6 is 0 Å². The Hall–Kier alpha value is -1.71. The first-order chi connectivity index (χ1) is 9.21. The molecule has 2 aliphatic rings. The molecular weight excluding hydrogens is 238 g/mol. The molecule has 4 nitrogen and oxygen atoms in total. The molecule has 1 aliphatic carbocycles. The van der Waals surface area contributed by atoms with Crippen LogP contribution < -0.4 is 15.4 Å². The summed E-state index contributed by atoms with van der Waals surface area (Å²) in [6, 6.07) is 8.10. The number of ether oxygens (including phenoxy) is 1. The Morgan fingerprint density at radius 3 is 2.58 bits per heavy atom. The Kier molecular flexibility index (Phi) is 2.88. The molecule has 0 amide bonds. The summed E-state index contributed by atoms with van der Waals surface area (Å²) in [4.78, 5) is 6.75. The van der Waals surface area contributed by atoms with Crippen molar-refractivity contribution < 1.29 is 4.74 Å². The average Bonchev–Trinajstić information content (AvgIpc) is 3.24. The summed E-state index contributed by atoms with van der Waals surface area (Å²) >= 11 is 0. The minimum Gasteiger partial charge on any atom is -0.497 e. The molecule has 102 valence electrons. The van der Waals surface area contributed by atoms with Gasteiger partial charge in [0.1, 0.15) is 5.75 Å². The quantitative estimate of drug-likeness (QED) is 0.903. The second-order valence-corrected chi connectivity index (χ2v) is 5.44. The number of nitrogens with two attached hydrogens (primary N) is 1. The normalized spacial score (nSPS) is 26.4. The first kappa shape index (κ1) is 12.3. The molecule has 1 aromatic carbocycles. The Morgan fingerprint density at radius 2 is 2.05 bits per heavy atom. The first-order valence-electron chi connectivity index (χ1n) is 6.95. The third-order valence-electron chi connectivity index (χ3n) is 4.47. The van der Waals surface area contributed by atoms with Gasteiger partial charge in [-0.05, 0) is 49.4 Å². The van der Waals surface area contributed by atoms with E-state index in [1.54, 1.807) is 7.11 Å². The lowest BCUT2D eigenvalue weighted by Gasteiger charge is -2.39. The van der Waals surface area contributed by atoms with Crippen molar-refractivity contribution in [3.05, 3.63) is 24.3 Å². The van der Waals surface area contributed by atoms with Crippen molar-refractivity contribution in [2.45, 2.75) is 31.7 Å². The monoisotopic (exact) mass is 259 g/mol.